The van der Waals surface area contributed by atoms with Crippen molar-refractivity contribution in [3.05, 3.63) is 63.5 Å². The lowest BCUT2D eigenvalue weighted by molar-refractivity contribution is 0.291. The van der Waals surface area contributed by atoms with E-state index in [-0.39, 0.29) is 12.4 Å². The van der Waals surface area contributed by atoms with Gasteiger partial charge in [-0.05, 0) is 54.9 Å². The second kappa shape index (κ2) is 10.5. The minimum atomic E-state index is -0.264. The molecule has 0 aliphatic heterocycles. The summed E-state index contributed by atoms with van der Waals surface area (Å²) in [6, 6.07) is 11.8. The quantitative estimate of drug-likeness (QED) is 0.495. The molecule has 0 atom stereocenters. The maximum absolute atomic E-state index is 13.4. The third kappa shape index (κ3) is 5.67. The number of nitrogens with one attached hydrogen (secondary N) is 1. The number of nitrogens with zero attached hydrogens (tertiary/aromatic N) is 2. The summed E-state index contributed by atoms with van der Waals surface area (Å²) < 4.78 is 20.9. The van der Waals surface area contributed by atoms with Crippen LogP contribution < -0.4 is 14.9 Å². The van der Waals surface area contributed by atoms with Crippen molar-refractivity contribution in [1.82, 2.24) is 9.88 Å². The van der Waals surface area contributed by atoms with Crippen LogP contribution in [0.15, 0.2) is 52.8 Å². The van der Waals surface area contributed by atoms with E-state index in [4.69, 9.17) is 26.4 Å². The second-order valence-corrected chi connectivity index (χ2v) is 7.59. The van der Waals surface area contributed by atoms with Crippen molar-refractivity contribution in [2.75, 3.05) is 26.8 Å². The molecule has 0 saturated carbocycles. The zero-order valence-electron chi connectivity index (χ0n) is 16.1. The van der Waals surface area contributed by atoms with Gasteiger partial charge in [0, 0.05) is 29.6 Å². The molecule has 0 radical (unpaired) electrons. The van der Waals surface area contributed by atoms with Crippen LogP contribution in [0.3, 0.4) is 0 Å². The van der Waals surface area contributed by atoms with Crippen molar-refractivity contribution in [3.8, 4) is 17.0 Å². The van der Waals surface area contributed by atoms with Gasteiger partial charge in [-0.3, -0.25) is 0 Å². The fourth-order valence-corrected chi connectivity index (χ4v) is 4.01. The monoisotopic (exact) mass is 435 g/mol. The molecule has 0 aliphatic rings. The third-order valence-electron chi connectivity index (χ3n) is 4.32. The van der Waals surface area contributed by atoms with E-state index in [0.29, 0.717) is 23.0 Å². The average Bonchev–Trinajstić information content (AvgIpc) is 3.12. The summed E-state index contributed by atoms with van der Waals surface area (Å²) in [6.07, 6.45) is 0.857. The van der Waals surface area contributed by atoms with Crippen molar-refractivity contribution in [2.45, 2.75) is 13.0 Å². The van der Waals surface area contributed by atoms with Crippen LogP contribution in [0.25, 0.3) is 11.3 Å². The summed E-state index contributed by atoms with van der Waals surface area (Å²) in [5.74, 6) is 0.338. The maximum Gasteiger partial charge on any atom is 0.190 e. The molecule has 29 heavy (non-hydrogen) atoms. The molecule has 0 aliphatic carbocycles. The smallest absolute Gasteiger partial charge is 0.190 e. The summed E-state index contributed by atoms with van der Waals surface area (Å²) in [6.45, 7) is 2.18. The molecule has 0 fully saturated rings. The molecule has 3 rings (SSSR count). The Morgan fingerprint density at radius 1 is 1.21 bits per heavy atom. The first-order chi connectivity index (χ1) is 14.1. The Hall–Kier alpha value is -2.19. The predicted molar refractivity (Wildman–Crippen MR) is 116 cm³/mol. The highest BCUT2D eigenvalue weighted by molar-refractivity contribution is 7.07. The predicted octanol–water partition coefficient (Wildman–Crippen LogP) is 4.22. The van der Waals surface area contributed by atoms with Crippen LogP contribution in [0.5, 0.6) is 5.75 Å². The number of aromatic nitrogens is 1. The molecule has 1 heterocycles. The van der Waals surface area contributed by atoms with E-state index < -0.39 is 0 Å². The number of rotatable bonds is 9. The zero-order valence-corrected chi connectivity index (χ0v) is 17.6. The molecule has 0 amide bonds. The van der Waals surface area contributed by atoms with Crippen LogP contribution in [0.1, 0.15) is 6.42 Å². The lowest BCUT2D eigenvalue weighted by Crippen LogP contribution is -2.23. The van der Waals surface area contributed by atoms with E-state index >= 15 is 0 Å². The summed E-state index contributed by atoms with van der Waals surface area (Å²) in [7, 11) is 1.59. The minimum Gasteiger partial charge on any atom is -0.494 e. The second-order valence-electron chi connectivity index (χ2n) is 6.32. The molecule has 1 aromatic heterocycles. The number of thiazole rings is 1. The van der Waals surface area contributed by atoms with Gasteiger partial charge in [0.15, 0.2) is 4.80 Å². The summed E-state index contributed by atoms with van der Waals surface area (Å²) in [5, 5.41) is 14.7. The molecule has 8 heteroatoms. The van der Waals surface area contributed by atoms with Gasteiger partial charge in [-0.15, -0.1) is 11.3 Å². The highest BCUT2D eigenvalue weighted by Gasteiger charge is 2.10. The number of hydrogen-bond donors (Lipinski definition) is 2. The summed E-state index contributed by atoms with van der Waals surface area (Å²) in [5.41, 5.74) is 2.59. The summed E-state index contributed by atoms with van der Waals surface area (Å²) in [4.78, 5) is 5.61. The van der Waals surface area contributed by atoms with Crippen molar-refractivity contribution in [2.24, 2.45) is 4.99 Å². The maximum atomic E-state index is 13.4. The van der Waals surface area contributed by atoms with Crippen LogP contribution in [-0.2, 0) is 6.54 Å². The molecule has 0 bridgehead atoms. The first kappa shape index (κ1) is 21.5. The Morgan fingerprint density at radius 2 is 2.00 bits per heavy atom. The van der Waals surface area contributed by atoms with Gasteiger partial charge in [0.1, 0.15) is 17.3 Å². The molecule has 154 valence electrons. The number of ether oxygens (including phenoxy) is 1. The Bertz CT molecular complexity index is 1000. The van der Waals surface area contributed by atoms with Crippen LogP contribution in [0, 0.1) is 5.82 Å². The van der Waals surface area contributed by atoms with Gasteiger partial charge < -0.3 is 19.7 Å². The molecule has 0 saturated heterocycles. The van der Waals surface area contributed by atoms with E-state index in [1.165, 1.54) is 23.5 Å². The van der Waals surface area contributed by atoms with Gasteiger partial charge in [-0.2, -0.15) is 0 Å². The van der Waals surface area contributed by atoms with Crippen LogP contribution in [0.4, 0.5) is 10.1 Å². The van der Waals surface area contributed by atoms with Gasteiger partial charge in [-0.25, -0.2) is 9.38 Å². The first-order valence-corrected chi connectivity index (χ1v) is 10.5. The highest BCUT2D eigenvalue weighted by atomic mass is 35.5. The highest BCUT2D eigenvalue weighted by Crippen LogP contribution is 2.30. The minimum absolute atomic E-state index is 0.114. The van der Waals surface area contributed by atoms with E-state index in [1.54, 1.807) is 31.4 Å². The van der Waals surface area contributed by atoms with E-state index in [9.17, 15) is 4.39 Å². The fourth-order valence-electron chi connectivity index (χ4n) is 2.90. The van der Waals surface area contributed by atoms with Crippen molar-refractivity contribution in [1.29, 1.82) is 0 Å². The van der Waals surface area contributed by atoms with Gasteiger partial charge in [0.25, 0.3) is 0 Å². The molecular weight excluding hydrogens is 413 g/mol. The van der Waals surface area contributed by atoms with Crippen LogP contribution in [-0.4, -0.2) is 36.5 Å². The average molecular weight is 436 g/mol. The molecule has 2 N–H and O–H groups in total. The van der Waals surface area contributed by atoms with Gasteiger partial charge in [0.05, 0.1) is 19.4 Å². The fraction of sp³-hybridized carbons (Fsp3) is 0.286. The number of benzene rings is 2. The number of halogens is 2. The van der Waals surface area contributed by atoms with Gasteiger partial charge in [-0.1, -0.05) is 11.6 Å². The molecule has 2 aromatic carbocycles. The van der Waals surface area contributed by atoms with Gasteiger partial charge >= 0.3 is 0 Å². The number of methoxy groups -OCH3 is 1. The third-order valence-corrected chi connectivity index (χ3v) is 5.42. The van der Waals surface area contributed by atoms with E-state index in [0.717, 1.165) is 35.6 Å². The van der Waals surface area contributed by atoms with E-state index in [2.05, 4.69) is 9.88 Å². The zero-order chi connectivity index (χ0) is 20.6. The van der Waals surface area contributed by atoms with Crippen LogP contribution in [0.2, 0.25) is 5.02 Å². The molecule has 0 unspecified atom stereocenters. The van der Waals surface area contributed by atoms with E-state index in [1.807, 2.05) is 11.4 Å². The summed E-state index contributed by atoms with van der Waals surface area (Å²) >= 11 is 7.57. The van der Waals surface area contributed by atoms with Crippen molar-refractivity contribution in [3.63, 3.8) is 0 Å². The van der Waals surface area contributed by atoms with Crippen molar-refractivity contribution < 1.29 is 14.2 Å². The Morgan fingerprint density at radius 3 is 2.72 bits per heavy atom. The normalized spacial score (nSPS) is 11.8. The SMILES string of the molecule is COc1cc(Cl)ccc1N=c1scc(-c2ccc(F)cc2)n1CCCNCCO. The van der Waals surface area contributed by atoms with Crippen molar-refractivity contribution >= 4 is 28.6 Å². The molecular formula is C21H23ClFN3O2S. The standard InChI is InChI=1S/C21H23ClFN3O2S/c1-28-20-13-16(22)5-8-18(20)25-21-26(11-2-9-24-10-12-27)19(14-29-21)15-3-6-17(23)7-4-15/h3-8,13-14,24,27H,2,9-12H2,1H3. The first-order valence-electron chi connectivity index (χ1n) is 9.26. The Kier molecular flexibility index (Phi) is 7.83. The number of hydrogen-bond acceptors (Lipinski definition) is 5. The lowest BCUT2D eigenvalue weighted by atomic mass is 10.1. The molecule has 3 aromatic rings. The largest absolute Gasteiger partial charge is 0.494 e. The number of aliphatic hydroxyl groups excluding tert-OH is 1. The number of aliphatic hydroxyl groups is 1. The lowest BCUT2D eigenvalue weighted by Gasteiger charge is -2.10. The Labute approximate surface area is 178 Å². The van der Waals surface area contributed by atoms with Gasteiger partial charge in [0.2, 0.25) is 0 Å². The molecule has 0 spiro atoms. The van der Waals surface area contributed by atoms with Crippen LogP contribution >= 0.6 is 22.9 Å². The molecule has 5 nitrogen and oxygen atoms in total. The topological polar surface area (TPSA) is 58.8 Å². The Balaban J connectivity index is 1.99.